The quantitative estimate of drug-likeness (QED) is 0.666. The Morgan fingerprint density at radius 3 is 2.50 bits per heavy atom. The summed E-state index contributed by atoms with van der Waals surface area (Å²) in [5, 5.41) is 14.2. The van der Waals surface area contributed by atoms with Crippen molar-refractivity contribution in [3.8, 4) is 0 Å². The Hall–Kier alpha value is -1.30. The molecule has 0 radical (unpaired) electrons. The molecule has 1 aliphatic carbocycles. The molecule has 0 aromatic heterocycles. The molecule has 0 bridgehead atoms. The number of aliphatic carboxylic acids is 1. The summed E-state index contributed by atoms with van der Waals surface area (Å²) in [6.07, 6.45) is 1.78. The van der Waals surface area contributed by atoms with Gasteiger partial charge in [-0.3, -0.25) is 4.79 Å². The van der Waals surface area contributed by atoms with Crippen LogP contribution >= 0.6 is 0 Å². The third-order valence-corrected chi connectivity index (χ3v) is 2.88. The normalized spacial score (nSPS) is 23.1. The maximum atomic E-state index is 11.7. The van der Waals surface area contributed by atoms with Gasteiger partial charge in [0.25, 0.3) is 0 Å². The topological polar surface area (TPSA) is 87.7 Å². The second-order valence-electron chi connectivity index (χ2n) is 5.30. The fourth-order valence-corrected chi connectivity index (χ4v) is 2.01. The van der Waals surface area contributed by atoms with Crippen LogP contribution in [-0.2, 0) is 9.53 Å². The first-order valence-electron chi connectivity index (χ1n) is 6.24. The van der Waals surface area contributed by atoms with Crippen LogP contribution in [0.1, 0.15) is 40.0 Å². The van der Waals surface area contributed by atoms with Crippen molar-refractivity contribution >= 4 is 12.0 Å². The lowest BCUT2D eigenvalue weighted by Gasteiger charge is -2.36. The predicted molar refractivity (Wildman–Crippen MR) is 66.4 cm³/mol. The summed E-state index contributed by atoms with van der Waals surface area (Å²) in [7, 11) is 0. The zero-order valence-corrected chi connectivity index (χ0v) is 11.2. The number of carboxylic acid groups (broad SMARTS) is 1. The lowest BCUT2D eigenvalue weighted by Crippen LogP contribution is -2.55. The van der Waals surface area contributed by atoms with Crippen molar-refractivity contribution in [3.05, 3.63) is 0 Å². The van der Waals surface area contributed by atoms with E-state index >= 15 is 0 Å². The summed E-state index contributed by atoms with van der Waals surface area (Å²) in [6.45, 7) is 6.01. The van der Waals surface area contributed by atoms with E-state index in [1.807, 2.05) is 6.92 Å². The molecule has 0 heterocycles. The molecular weight excluding hydrogens is 236 g/mol. The fourth-order valence-electron chi connectivity index (χ4n) is 2.01. The monoisotopic (exact) mass is 258 g/mol. The van der Waals surface area contributed by atoms with Crippen molar-refractivity contribution in [2.24, 2.45) is 0 Å². The molecule has 0 atom stereocenters. The Morgan fingerprint density at radius 2 is 2.00 bits per heavy atom. The summed E-state index contributed by atoms with van der Waals surface area (Å²) < 4.78 is 5.39. The smallest absolute Gasteiger partial charge is 0.315 e. The molecule has 0 aromatic carbocycles. The maximum Gasteiger partial charge on any atom is 0.315 e. The lowest BCUT2D eigenvalue weighted by atomic mass is 9.89. The third kappa shape index (κ3) is 4.91. The van der Waals surface area contributed by atoms with Crippen molar-refractivity contribution in [2.75, 3.05) is 6.61 Å². The van der Waals surface area contributed by atoms with Gasteiger partial charge in [0.2, 0.25) is 0 Å². The van der Waals surface area contributed by atoms with Crippen molar-refractivity contribution < 1.29 is 19.4 Å². The van der Waals surface area contributed by atoms with Crippen LogP contribution in [0.15, 0.2) is 0 Å². The molecule has 1 rings (SSSR count). The fraction of sp³-hybridized carbons (Fsp3) is 0.833. The summed E-state index contributed by atoms with van der Waals surface area (Å²) in [5.41, 5.74) is -0.751. The number of nitrogens with one attached hydrogen (secondary N) is 2. The van der Waals surface area contributed by atoms with Crippen molar-refractivity contribution in [1.82, 2.24) is 10.6 Å². The lowest BCUT2D eigenvalue weighted by molar-refractivity contribution is -0.138. The second kappa shape index (κ2) is 6.04. The van der Waals surface area contributed by atoms with E-state index in [-0.39, 0.29) is 24.6 Å². The van der Waals surface area contributed by atoms with Gasteiger partial charge in [-0.1, -0.05) is 0 Å². The molecule has 0 aromatic rings. The van der Waals surface area contributed by atoms with Gasteiger partial charge in [-0.25, -0.2) is 4.79 Å². The standard InChI is InChI=1S/C12H22N2O4/c1-4-18-9-5-8(6-9)13-11(17)14-12(2,3)7-10(15)16/h8-9H,4-7H2,1-3H3,(H,15,16)(H2,13,14,17). The van der Waals surface area contributed by atoms with Crippen molar-refractivity contribution in [3.63, 3.8) is 0 Å². The zero-order chi connectivity index (χ0) is 13.8. The first-order valence-corrected chi connectivity index (χ1v) is 6.24. The van der Waals surface area contributed by atoms with Gasteiger partial charge >= 0.3 is 12.0 Å². The van der Waals surface area contributed by atoms with E-state index in [9.17, 15) is 9.59 Å². The molecule has 1 fully saturated rings. The van der Waals surface area contributed by atoms with Gasteiger partial charge in [0.1, 0.15) is 0 Å². The summed E-state index contributed by atoms with van der Waals surface area (Å²) in [4.78, 5) is 22.3. The Morgan fingerprint density at radius 1 is 1.39 bits per heavy atom. The number of carbonyl (C=O) groups is 2. The summed E-state index contributed by atoms with van der Waals surface area (Å²) >= 11 is 0. The number of carbonyl (C=O) groups excluding carboxylic acids is 1. The first kappa shape index (κ1) is 14.8. The van der Waals surface area contributed by atoms with Crippen LogP contribution in [0.2, 0.25) is 0 Å². The molecule has 0 spiro atoms. The van der Waals surface area contributed by atoms with Crippen LogP contribution in [0.5, 0.6) is 0 Å². The van der Waals surface area contributed by atoms with Gasteiger partial charge in [0.05, 0.1) is 12.5 Å². The van der Waals surface area contributed by atoms with Gasteiger partial charge in [-0.05, 0) is 33.6 Å². The first-order chi connectivity index (χ1) is 8.32. The number of carboxylic acids is 1. The molecule has 0 saturated heterocycles. The molecule has 0 unspecified atom stereocenters. The number of hydrogen-bond acceptors (Lipinski definition) is 3. The summed E-state index contributed by atoms with van der Waals surface area (Å²) in [5.74, 6) is -0.930. The van der Waals surface area contributed by atoms with E-state index in [2.05, 4.69) is 10.6 Å². The number of amides is 2. The second-order valence-corrected chi connectivity index (χ2v) is 5.30. The van der Waals surface area contributed by atoms with Gasteiger partial charge in [-0.2, -0.15) is 0 Å². The van der Waals surface area contributed by atoms with Crippen LogP contribution < -0.4 is 10.6 Å². The predicted octanol–water partition coefficient (Wildman–Crippen LogP) is 1.11. The largest absolute Gasteiger partial charge is 0.481 e. The van der Waals surface area contributed by atoms with Crippen LogP contribution in [0.25, 0.3) is 0 Å². The van der Waals surface area contributed by atoms with E-state index in [0.29, 0.717) is 6.61 Å². The van der Waals surface area contributed by atoms with Crippen LogP contribution in [-0.4, -0.2) is 41.4 Å². The van der Waals surface area contributed by atoms with Gasteiger partial charge in [0, 0.05) is 18.2 Å². The molecule has 18 heavy (non-hydrogen) atoms. The number of ether oxygens (including phenoxy) is 1. The molecule has 2 amide bonds. The highest BCUT2D eigenvalue weighted by atomic mass is 16.5. The van der Waals surface area contributed by atoms with Crippen LogP contribution in [0.3, 0.4) is 0 Å². The van der Waals surface area contributed by atoms with Gasteiger partial charge in [0.15, 0.2) is 0 Å². The molecule has 104 valence electrons. The van der Waals surface area contributed by atoms with Crippen LogP contribution in [0, 0.1) is 0 Å². The minimum Gasteiger partial charge on any atom is -0.481 e. The average Bonchev–Trinajstić information content (AvgIpc) is 2.10. The molecule has 0 aliphatic heterocycles. The highest BCUT2D eigenvalue weighted by Crippen LogP contribution is 2.23. The van der Waals surface area contributed by atoms with E-state index in [1.165, 1.54) is 0 Å². The van der Waals surface area contributed by atoms with E-state index in [0.717, 1.165) is 12.8 Å². The van der Waals surface area contributed by atoms with E-state index in [4.69, 9.17) is 9.84 Å². The van der Waals surface area contributed by atoms with Crippen LogP contribution in [0.4, 0.5) is 4.79 Å². The Kier molecular flexibility index (Phi) is 4.95. The molecular formula is C12H22N2O4. The van der Waals surface area contributed by atoms with Gasteiger partial charge < -0.3 is 20.5 Å². The number of rotatable bonds is 6. The third-order valence-electron chi connectivity index (χ3n) is 2.88. The SMILES string of the molecule is CCOC1CC(NC(=O)NC(C)(C)CC(=O)O)C1. The molecule has 3 N–H and O–H groups in total. The Balaban J connectivity index is 2.24. The molecule has 6 nitrogen and oxygen atoms in total. The number of hydrogen-bond donors (Lipinski definition) is 3. The molecule has 1 aliphatic rings. The minimum atomic E-state index is -0.930. The molecule has 1 saturated carbocycles. The maximum absolute atomic E-state index is 11.7. The zero-order valence-electron chi connectivity index (χ0n) is 11.2. The average molecular weight is 258 g/mol. The van der Waals surface area contributed by atoms with E-state index in [1.54, 1.807) is 13.8 Å². The van der Waals surface area contributed by atoms with Crippen molar-refractivity contribution in [1.29, 1.82) is 0 Å². The summed E-state index contributed by atoms with van der Waals surface area (Å²) in [6, 6.07) is -0.191. The van der Waals surface area contributed by atoms with Crippen molar-refractivity contribution in [2.45, 2.75) is 57.7 Å². The highest BCUT2D eigenvalue weighted by molar-refractivity contribution is 5.76. The highest BCUT2D eigenvalue weighted by Gasteiger charge is 2.32. The van der Waals surface area contributed by atoms with E-state index < -0.39 is 11.5 Å². The Bertz CT molecular complexity index is 311. The molecule has 6 heteroatoms. The minimum absolute atomic E-state index is 0.105. The number of urea groups is 1. The Labute approximate surface area is 107 Å². The van der Waals surface area contributed by atoms with Gasteiger partial charge in [-0.15, -0.1) is 0 Å².